The number of hydrogen-bond acceptors (Lipinski definition) is 3. The third kappa shape index (κ3) is 4.81. The zero-order valence-corrected chi connectivity index (χ0v) is 11.2. The van der Waals surface area contributed by atoms with E-state index in [0.717, 1.165) is 19.7 Å². The molecule has 0 bridgehead atoms. The molecule has 0 aromatic rings. The molecule has 0 radical (unpaired) electrons. The molecule has 0 unspecified atom stereocenters. The van der Waals surface area contributed by atoms with E-state index in [9.17, 15) is 0 Å². The van der Waals surface area contributed by atoms with Crippen molar-refractivity contribution in [3.8, 4) is 0 Å². The van der Waals surface area contributed by atoms with Gasteiger partial charge in [-0.1, -0.05) is 20.3 Å². The highest BCUT2D eigenvalue weighted by Crippen LogP contribution is 2.33. The van der Waals surface area contributed by atoms with E-state index in [4.69, 9.17) is 4.74 Å². The Morgan fingerprint density at radius 3 is 2.50 bits per heavy atom. The van der Waals surface area contributed by atoms with Gasteiger partial charge in [-0.25, -0.2) is 0 Å². The van der Waals surface area contributed by atoms with E-state index < -0.39 is 0 Å². The van der Waals surface area contributed by atoms with Crippen LogP contribution in [0.4, 0.5) is 0 Å². The van der Waals surface area contributed by atoms with Crippen LogP contribution in [-0.2, 0) is 4.74 Å². The van der Waals surface area contributed by atoms with Crippen LogP contribution in [0, 0.1) is 5.41 Å². The van der Waals surface area contributed by atoms with Crippen molar-refractivity contribution >= 4 is 0 Å². The fourth-order valence-corrected chi connectivity index (χ4v) is 2.21. The van der Waals surface area contributed by atoms with E-state index in [0.29, 0.717) is 5.41 Å². The van der Waals surface area contributed by atoms with Crippen LogP contribution in [0.1, 0.15) is 33.1 Å². The van der Waals surface area contributed by atoms with Gasteiger partial charge in [-0.2, -0.15) is 0 Å². The molecule has 1 aliphatic heterocycles. The summed E-state index contributed by atoms with van der Waals surface area (Å²) in [5.41, 5.74) is 0.611. The summed E-state index contributed by atoms with van der Waals surface area (Å²) >= 11 is 0. The van der Waals surface area contributed by atoms with E-state index in [-0.39, 0.29) is 0 Å². The van der Waals surface area contributed by atoms with Gasteiger partial charge in [-0.15, -0.1) is 0 Å². The van der Waals surface area contributed by atoms with E-state index >= 15 is 0 Å². The van der Waals surface area contributed by atoms with Crippen LogP contribution in [0.15, 0.2) is 0 Å². The quantitative estimate of drug-likeness (QED) is 0.672. The SMILES string of the molecule is CCC1(C)CCN(CCNCCOC)CC1. The first-order valence-electron chi connectivity index (χ1n) is 6.62. The molecule has 3 nitrogen and oxygen atoms in total. The summed E-state index contributed by atoms with van der Waals surface area (Å²) in [4.78, 5) is 2.58. The van der Waals surface area contributed by atoms with Crippen molar-refractivity contribution in [1.82, 2.24) is 10.2 Å². The van der Waals surface area contributed by atoms with Gasteiger partial charge in [0.05, 0.1) is 6.61 Å². The van der Waals surface area contributed by atoms with Crippen LogP contribution in [0.3, 0.4) is 0 Å². The van der Waals surface area contributed by atoms with E-state index in [1.165, 1.54) is 38.9 Å². The predicted octanol–water partition coefficient (Wildman–Crippen LogP) is 1.73. The van der Waals surface area contributed by atoms with Crippen molar-refractivity contribution in [1.29, 1.82) is 0 Å². The number of nitrogens with one attached hydrogen (secondary N) is 1. The van der Waals surface area contributed by atoms with Crippen molar-refractivity contribution in [2.75, 3.05) is 46.4 Å². The Hall–Kier alpha value is -0.120. The number of ether oxygens (including phenoxy) is 1. The minimum absolute atomic E-state index is 0.611. The molecule has 1 saturated heterocycles. The third-order valence-corrected chi connectivity index (χ3v) is 4.00. The largest absolute Gasteiger partial charge is 0.383 e. The van der Waals surface area contributed by atoms with Gasteiger partial charge in [0.15, 0.2) is 0 Å². The molecule has 3 heteroatoms. The third-order valence-electron chi connectivity index (χ3n) is 4.00. The number of nitrogens with zero attached hydrogens (tertiary/aromatic N) is 1. The first-order chi connectivity index (χ1) is 7.70. The molecule has 1 rings (SSSR count). The molecule has 0 saturated carbocycles. The Morgan fingerprint density at radius 2 is 1.94 bits per heavy atom. The predicted molar refractivity (Wildman–Crippen MR) is 68.8 cm³/mol. The molecule has 1 N–H and O–H groups in total. The second-order valence-corrected chi connectivity index (χ2v) is 5.25. The highest BCUT2D eigenvalue weighted by atomic mass is 16.5. The summed E-state index contributed by atoms with van der Waals surface area (Å²) < 4.78 is 5.00. The van der Waals surface area contributed by atoms with Crippen LogP contribution in [0.5, 0.6) is 0 Å². The highest BCUT2D eigenvalue weighted by molar-refractivity contribution is 4.81. The number of likely N-dealkylation sites (tertiary alicyclic amines) is 1. The lowest BCUT2D eigenvalue weighted by molar-refractivity contribution is 0.114. The Bertz CT molecular complexity index is 177. The molecule has 0 aliphatic carbocycles. The van der Waals surface area contributed by atoms with Gasteiger partial charge in [-0.05, 0) is 31.3 Å². The number of rotatable bonds is 7. The summed E-state index contributed by atoms with van der Waals surface area (Å²) in [5.74, 6) is 0. The highest BCUT2D eigenvalue weighted by Gasteiger charge is 2.27. The molecular weight excluding hydrogens is 200 g/mol. The molecule has 0 aromatic carbocycles. The standard InChI is InChI=1S/C13H28N2O/c1-4-13(2)5-9-15(10-6-13)11-7-14-8-12-16-3/h14H,4-12H2,1-3H3. The fourth-order valence-electron chi connectivity index (χ4n) is 2.21. The van der Waals surface area contributed by atoms with Crippen LogP contribution < -0.4 is 5.32 Å². The van der Waals surface area contributed by atoms with Gasteiger partial charge in [0.1, 0.15) is 0 Å². The van der Waals surface area contributed by atoms with Gasteiger partial charge in [-0.3, -0.25) is 0 Å². The van der Waals surface area contributed by atoms with Crippen LogP contribution >= 0.6 is 0 Å². The molecule has 0 spiro atoms. The van der Waals surface area contributed by atoms with Gasteiger partial charge in [0.25, 0.3) is 0 Å². The molecule has 1 fully saturated rings. The number of methoxy groups -OCH3 is 1. The smallest absolute Gasteiger partial charge is 0.0587 e. The monoisotopic (exact) mass is 228 g/mol. The molecule has 1 aliphatic rings. The summed E-state index contributed by atoms with van der Waals surface area (Å²) in [6.45, 7) is 11.4. The summed E-state index contributed by atoms with van der Waals surface area (Å²) in [6.07, 6.45) is 4.05. The van der Waals surface area contributed by atoms with Crippen LogP contribution in [0.25, 0.3) is 0 Å². The van der Waals surface area contributed by atoms with E-state index in [2.05, 4.69) is 24.1 Å². The topological polar surface area (TPSA) is 24.5 Å². The second-order valence-electron chi connectivity index (χ2n) is 5.25. The fraction of sp³-hybridized carbons (Fsp3) is 1.00. The molecule has 16 heavy (non-hydrogen) atoms. The van der Waals surface area contributed by atoms with Crippen LogP contribution in [-0.4, -0.2) is 51.3 Å². The normalized spacial score (nSPS) is 21.2. The van der Waals surface area contributed by atoms with Gasteiger partial charge < -0.3 is 15.0 Å². The summed E-state index contributed by atoms with van der Waals surface area (Å²) in [5, 5.41) is 3.40. The lowest BCUT2D eigenvalue weighted by atomic mass is 9.78. The minimum Gasteiger partial charge on any atom is -0.383 e. The van der Waals surface area contributed by atoms with E-state index in [1.807, 2.05) is 0 Å². The number of piperidine rings is 1. The Kier molecular flexibility index (Phi) is 6.32. The molecule has 0 atom stereocenters. The maximum absolute atomic E-state index is 5.00. The maximum atomic E-state index is 5.00. The lowest BCUT2D eigenvalue weighted by Crippen LogP contribution is -2.41. The molecule has 0 amide bonds. The average molecular weight is 228 g/mol. The summed E-state index contributed by atoms with van der Waals surface area (Å²) in [7, 11) is 1.75. The Labute approximate surface area is 101 Å². The molecule has 96 valence electrons. The van der Waals surface area contributed by atoms with E-state index in [1.54, 1.807) is 7.11 Å². The Balaban J connectivity index is 2.04. The van der Waals surface area contributed by atoms with Crippen molar-refractivity contribution in [3.05, 3.63) is 0 Å². The molecular formula is C13H28N2O. The maximum Gasteiger partial charge on any atom is 0.0587 e. The average Bonchev–Trinajstić information content (AvgIpc) is 2.31. The van der Waals surface area contributed by atoms with Gasteiger partial charge in [0.2, 0.25) is 0 Å². The first kappa shape index (κ1) is 13.9. The number of hydrogen-bond donors (Lipinski definition) is 1. The van der Waals surface area contributed by atoms with Gasteiger partial charge in [0, 0.05) is 26.7 Å². The second kappa shape index (κ2) is 7.25. The van der Waals surface area contributed by atoms with Crippen LogP contribution in [0.2, 0.25) is 0 Å². The zero-order chi connectivity index (χ0) is 11.9. The zero-order valence-electron chi connectivity index (χ0n) is 11.2. The first-order valence-corrected chi connectivity index (χ1v) is 6.62. The van der Waals surface area contributed by atoms with Gasteiger partial charge >= 0.3 is 0 Å². The Morgan fingerprint density at radius 1 is 1.25 bits per heavy atom. The minimum atomic E-state index is 0.611. The molecule has 1 heterocycles. The summed E-state index contributed by atoms with van der Waals surface area (Å²) in [6, 6.07) is 0. The van der Waals surface area contributed by atoms with Crippen molar-refractivity contribution in [2.24, 2.45) is 5.41 Å². The van der Waals surface area contributed by atoms with Crippen molar-refractivity contribution < 1.29 is 4.74 Å². The lowest BCUT2D eigenvalue weighted by Gasteiger charge is -2.38. The molecule has 0 aromatic heterocycles. The van der Waals surface area contributed by atoms with Crippen molar-refractivity contribution in [3.63, 3.8) is 0 Å². The van der Waals surface area contributed by atoms with Crippen molar-refractivity contribution in [2.45, 2.75) is 33.1 Å².